The van der Waals surface area contributed by atoms with E-state index in [1.807, 2.05) is 31.2 Å². The molecule has 2 aromatic carbocycles. The number of carbonyl (C=O) groups is 1. The lowest BCUT2D eigenvalue weighted by Gasteiger charge is -2.08. The fourth-order valence-corrected chi connectivity index (χ4v) is 2.12. The van der Waals surface area contributed by atoms with E-state index in [2.05, 4.69) is 20.6 Å². The van der Waals surface area contributed by atoms with Crippen LogP contribution >= 0.6 is 12.2 Å². The van der Waals surface area contributed by atoms with Gasteiger partial charge in [-0.2, -0.15) is 5.10 Å². The molecule has 130 valence electrons. The number of carbonyl (C=O) groups excluding carboxylic acids is 1. The number of hydrogen-bond donors (Lipinski definition) is 2. The lowest BCUT2D eigenvalue weighted by atomic mass is 10.1. The van der Waals surface area contributed by atoms with Crippen LogP contribution in [-0.2, 0) is 4.74 Å². The lowest BCUT2D eigenvalue weighted by molar-refractivity contribution is 0.0600. The van der Waals surface area contributed by atoms with Crippen LogP contribution in [0.25, 0.3) is 0 Å². The van der Waals surface area contributed by atoms with Crippen LogP contribution in [-0.4, -0.2) is 31.0 Å². The first kappa shape index (κ1) is 18.4. The molecule has 0 aromatic heterocycles. The summed E-state index contributed by atoms with van der Waals surface area (Å²) < 4.78 is 10.0. The van der Waals surface area contributed by atoms with Crippen LogP contribution in [0.15, 0.2) is 53.6 Å². The van der Waals surface area contributed by atoms with Crippen molar-refractivity contribution in [1.82, 2.24) is 5.43 Å². The van der Waals surface area contributed by atoms with Crippen LogP contribution in [0.3, 0.4) is 0 Å². The number of ether oxygens (including phenoxy) is 2. The van der Waals surface area contributed by atoms with Gasteiger partial charge >= 0.3 is 5.97 Å². The average molecular weight is 357 g/mol. The Kier molecular flexibility index (Phi) is 6.91. The topological polar surface area (TPSA) is 72.0 Å². The first-order valence-corrected chi connectivity index (χ1v) is 8.04. The van der Waals surface area contributed by atoms with Gasteiger partial charge in [0.2, 0.25) is 0 Å². The summed E-state index contributed by atoms with van der Waals surface area (Å²) in [5, 5.41) is 7.45. The molecule has 0 atom stereocenters. The quantitative estimate of drug-likeness (QED) is 0.358. The maximum Gasteiger partial charge on any atom is 0.337 e. The minimum absolute atomic E-state index is 0.367. The maximum absolute atomic E-state index is 11.4. The normalized spacial score (nSPS) is 10.3. The van der Waals surface area contributed by atoms with E-state index < -0.39 is 0 Å². The molecule has 0 fully saturated rings. The van der Waals surface area contributed by atoms with E-state index in [9.17, 15) is 4.79 Å². The summed E-state index contributed by atoms with van der Waals surface area (Å²) in [6.07, 6.45) is 1.60. The SMILES string of the molecule is CCOc1ccc(NC(=S)N/N=C\c2ccc(C(=O)OC)cc2)cc1. The molecule has 0 amide bonds. The average Bonchev–Trinajstić information content (AvgIpc) is 2.63. The Bertz CT molecular complexity index is 743. The molecule has 0 saturated carbocycles. The summed E-state index contributed by atoms with van der Waals surface area (Å²) in [7, 11) is 1.35. The number of rotatable bonds is 6. The number of esters is 1. The van der Waals surface area contributed by atoms with Gasteiger partial charge in [-0.05, 0) is 61.1 Å². The number of benzene rings is 2. The number of anilines is 1. The molecule has 0 unspecified atom stereocenters. The number of nitrogens with one attached hydrogen (secondary N) is 2. The van der Waals surface area contributed by atoms with Gasteiger partial charge in [-0.25, -0.2) is 4.79 Å². The smallest absolute Gasteiger partial charge is 0.337 e. The van der Waals surface area contributed by atoms with E-state index in [-0.39, 0.29) is 5.97 Å². The van der Waals surface area contributed by atoms with Crippen LogP contribution in [0, 0.1) is 0 Å². The first-order chi connectivity index (χ1) is 12.1. The third kappa shape index (κ3) is 5.89. The number of hydrogen-bond acceptors (Lipinski definition) is 5. The second-order valence-corrected chi connectivity index (χ2v) is 5.30. The van der Waals surface area contributed by atoms with Crippen molar-refractivity contribution in [2.45, 2.75) is 6.92 Å². The Morgan fingerprint density at radius 1 is 1.16 bits per heavy atom. The van der Waals surface area contributed by atoms with Gasteiger partial charge < -0.3 is 14.8 Å². The minimum atomic E-state index is -0.373. The van der Waals surface area contributed by atoms with Crippen LogP contribution in [0.1, 0.15) is 22.8 Å². The Labute approximate surface area is 151 Å². The van der Waals surface area contributed by atoms with Gasteiger partial charge in [-0.15, -0.1) is 0 Å². The minimum Gasteiger partial charge on any atom is -0.494 e. The van der Waals surface area contributed by atoms with Crippen molar-refractivity contribution in [2.75, 3.05) is 19.0 Å². The third-order valence-corrected chi connectivity index (χ3v) is 3.33. The van der Waals surface area contributed by atoms with Crippen LogP contribution in [0.5, 0.6) is 5.75 Å². The summed E-state index contributed by atoms with van der Waals surface area (Å²) >= 11 is 5.18. The van der Waals surface area contributed by atoms with Gasteiger partial charge in [0.1, 0.15) is 5.75 Å². The highest BCUT2D eigenvalue weighted by molar-refractivity contribution is 7.80. The van der Waals surface area contributed by atoms with Crippen molar-refractivity contribution in [3.05, 3.63) is 59.7 Å². The highest BCUT2D eigenvalue weighted by Gasteiger charge is 2.03. The molecule has 0 aliphatic rings. The van der Waals surface area contributed by atoms with Crippen molar-refractivity contribution in [2.24, 2.45) is 5.10 Å². The molecule has 2 N–H and O–H groups in total. The largest absolute Gasteiger partial charge is 0.494 e. The summed E-state index contributed by atoms with van der Waals surface area (Å²) in [5.74, 6) is 0.433. The van der Waals surface area contributed by atoms with E-state index in [0.29, 0.717) is 17.3 Å². The van der Waals surface area contributed by atoms with Crippen LogP contribution in [0.4, 0.5) is 5.69 Å². The predicted molar refractivity (Wildman–Crippen MR) is 102 cm³/mol. The highest BCUT2D eigenvalue weighted by Crippen LogP contribution is 2.15. The second-order valence-electron chi connectivity index (χ2n) is 4.90. The molecule has 0 radical (unpaired) electrons. The molecule has 0 heterocycles. The molecule has 2 rings (SSSR count). The highest BCUT2D eigenvalue weighted by atomic mass is 32.1. The molecular weight excluding hydrogens is 338 g/mol. The molecule has 0 saturated heterocycles. The van der Waals surface area contributed by atoms with E-state index in [1.165, 1.54) is 7.11 Å². The van der Waals surface area contributed by atoms with Gasteiger partial charge in [0.25, 0.3) is 0 Å². The van der Waals surface area contributed by atoms with Crippen molar-refractivity contribution in [1.29, 1.82) is 0 Å². The Morgan fingerprint density at radius 2 is 1.84 bits per heavy atom. The number of nitrogens with zero attached hydrogens (tertiary/aromatic N) is 1. The molecule has 7 heteroatoms. The van der Waals surface area contributed by atoms with Gasteiger partial charge in [0, 0.05) is 5.69 Å². The Morgan fingerprint density at radius 3 is 2.44 bits per heavy atom. The molecule has 6 nitrogen and oxygen atoms in total. The van der Waals surface area contributed by atoms with Crippen molar-refractivity contribution in [3.8, 4) is 5.75 Å². The van der Waals surface area contributed by atoms with E-state index in [4.69, 9.17) is 17.0 Å². The number of thiocarbonyl (C=S) groups is 1. The van der Waals surface area contributed by atoms with Crippen molar-refractivity contribution in [3.63, 3.8) is 0 Å². The molecule has 0 aliphatic carbocycles. The number of hydrazone groups is 1. The molecule has 0 spiro atoms. The maximum atomic E-state index is 11.4. The zero-order chi connectivity index (χ0) is 18.1. The van der Waals surface area contributed by atoms with Gasteiger partial charge in [-0.1, -0.05) is 12.1 Å². The monoisotopic (exact) mass is 357 g/mol. The number of methoxy groups -OCH3 is 1. The molecular formula is C18H19N3O3S. The van der Waals surface area contributed by atoms with Gasteiger partial charge in [0.05, 0.1) is 25.5 Å². The molecule has 25 heavy (non-hydrogen) atoms. The standard InChI is InChI=1S/C18H19N3O3S/c1-3-24-16-10-8-15(9-11-16)20-18(25)21-19-12-13-4-6-14(7-5-13)17(22)23-2/h4-12H,3H2,1-2H3,(H2,20,21,25)/b19-12-. The molecule has 0 aliphatic heterocycles. The fourth-order valence-electron chi connectivity index (χ4n) is 1.95. The van der Waals surface area contributed by atoms with E-state index >= 15 is 0 Å². The van der Waals surface area contributed by atoms with E-state index in [1.54, 1.807) is 30.5 Å². The predicted octanol–water partition coefficient (Wildman–Crippen LogP) is 3.19. The Balaban J connectivity index is 1.84. The first-order valence-electron chi connectivity index (χ1n) is 7.63. The van der Waals surface area contributed by atoms with Crippen LogP contribution in [0.2, 0.25) is 0 Å². The zero-order valence-corrected chi connectivity index (χ0v) is 14.8. The lowest BCUT2D eigenvalue weighted by Crippen LogP contribution is -2.23. The molecule has 0 bridgehead atoms. The second kappa shape index (κ2) is 9.39. The van der Waals surface area contributed by atoms with Gasteiger partial charge in [-0.3, -0.25) is 5.43 Å². The summed E-state index contributed by atoms with van der Waals surface area (Å²) in [4.78, 5) is 11.4. The van der Waals surface area contributed by atoms with Gasteiger partial charge in [0.15, 0.2) is 5.11 Å². The van der Waals surface area contributed by atoms with Crippen LogP contribution < -0.4 is 15.5 Å². The van der Waals surface area contributed by atoms with Crippen molar-refractivity contribution < 1.29 is 14.3 Å². The summed E-state index contributed by atoms with van der Waals surface area (Å²) in [6.45, 7) is 2.56. The van der Waals surface area contributed by atoms with E-state index in [0.717, 1.165) is 17.0 Å². The Hall–Kier alpha value is -2.93. The molecule has 2 aromatic rings. The summed E-state index contributed by atoms with van der Waals surface area (Å²) in [5.41, 5.74) is 4.88. The fraction of sp³-hybridized carbons (Fsp3) is 0.167. The van der Waals surface area contributed by atoms with Crippen molar-refractivity contribution >= 4 is 35.2 Å². The zero-order valence-electron chi connectivity index (χ0n) is 14.0. The third-order valence-electron chi connectivity index (χ3n) is 3.13. The summed E-state index contributed by atoms with van der Waals surface area (Å²) in [6, 6.07) is 14.3.